The fourth-order valence-electron chi connectivity index (χ4n) is 1.96. The number of anilines is 2. The van der Waals surface area contributed by atoms with Crippen molar-refractivity contribution in [2.45, 2.75) is 13.3 Å². The van der Waals surface area contributed by atoms with Gasteiger partial charge < -0.3 is 11.1 Å². The highest BCUT2D eigenvalue weighted by molar-refractivity contribution is 9.10. The Morgan fingerprint density at radius 1 is 1.11 bits per heavy atom. The van der Waals surface area contributed by atoms with Crippen LogP contribution in [0.4, 0.5) is 11.4 Å². The van der Waals surface area contributed by atoms with Crippen LogP contribution >= 0.6 is 15.9 Å². The van der Waals surface area contributed by atoms with Crippen molar-refractivity contribution in [3.05, 3.63) is 58.1 Å². The lowest BCUT2D eigenvalue weighted by molar-refractivity contribution is 1.01. The van der Waals surface area contributed by atoms with Crippen molar-refractivity contribution >= 4 is 27.3 Å². The maximum absolute atomic E-state index is 5.96. The third kappa shape index (κ3) is 3.05. The summed E-state index contributed by atoms with van der Waals surface area (Å²) in [5.74, 6) is 0. The van der Waals surface area contributed by atoms with Gasteiger partial charge in [-0.2, -0.15) is 0 Å². The number of rotatable bonds is 4. The van der Waals surface area contributed by atoms with Crippen LogP contribution in [0.1, 0.15) is 11.1 Å². The van der Waals surface area contributed by atoms with Gasteiger partial charge in [-0.25, -0.2) is 0 Å². The van der Waals surface area contributed by atoms with Crippen LogP contribution in [-0.2, 0) is 6.42 Å². The van der Waals surface area contributed by atoms with E-state index in [1.165, 1.54) is 11.1 Å². The van der Waals surface area contributed by atoms with Crippen molar-refractivity contribution in [2.75, 3.05) is 17.6 Å². The van der Waals surface area contributed by atoms with Crippen LogP contribution in [-0.4, -0.2) is 6.54 Å². The van der Waals surface area contributed by atoms with Gasteiger partial charge in [0.25, 0.3) is 0 Å². The monoisotopic (exact) mass is 304 g/mol. The molecule has 0 aliphatic rings. The summed E-state index contributed by atoms with van der Waals surface area (Å²) in [5.41, 5.74) is 10.3. The summed E-state index contributed by atoms with van der Waals surface area (Å²) >= 11 is 3.56. The average Bonchev–Trinajstić information content (AvgIpc) is 2.35. The van der Waals surface area contributed by atoms with E-state index in [1.807, 2.05) is 18.2 Å². The van der Waals surface area contributed by atoms with Gasteiger partial charge in [0.15, 0.2) is 0 Å². The number of hydrogen-bond donors (Lipinski definition) is 2. The number of nitrogens with one attached hydrogen (secondary N) is 1. The molecule has 0 fully saturated rings. The molecule has 2 rings (SSSR count). The van der Waals surface area contributed by atoms with Gasteiger partial charge in [0, 0.05) is 11.0 Å². The van der Waals surface area contributed by atoms with Crippen LogP contribution in [0.2, 0.25) is 0 Å². The van der Waals surface area contributed by atoms with Crippen molar-refractivity contribution in [3.8, 4) is 0 Å². The van der Waals surface area contributed by atoms with Gasteiger partial charge in [-0.1, -0.05) is 46.3 Å². The Morgan fingerprint density at radius 2 is 1.89 bits per heavy atom. The zero-order valence-electron chi connectivity index (χ0n) is 10.4. The van der Waals surface area contributed by atoms with Gasteiger partial charge in [-0.05, 0) is 36.6 Å². The molecule has 0 bridgehead atoms. The van der Waals surface area contributed by atoms with Crippen LogP contribution in [0.15, 0.2) is 46.9 Å². The van der Waals surface area contributed by atoms with E-state index < -0.39 is 0 Å². The average molecular weight is 305 g/mol. The van der Waals surface area contributed by atoms with Gasteiger partial charge >= 0.3 is 0 Å². The third-order valence-corrected chi connectivity index (χ3v) is 3.73. The number of hydrogen-bond acceptors (Lipinski definition) is 2. The topological polar surface area (TPSA) is 38.0 Å². The number of aryl methyl sites for hydroxylation is 1. The summed E-state index contributed by atoms with van der Waals surface area (Å²) in [6.45, 7) is 2.94. The first-order valence-electron chi connectivity index (χ1n) is 6.01. The second-order valence-electron chi connectivity index (χ2n) is 4.31. The molecule has 0 aliphatic heterocycles. The highest BCUT2D eigenvalue weighted by Gasteiger charge is 2.02. The van der Waals surface area contributed by atoms with E-state index >= 15 is 0 Å². The van der Waals surface area contributed by atoms with E-state index in [0.717, 1.165) is 28.8 Å². The molecule has 3 N–H and O–H groups in total. The summed E-state index contributed by atoms with van der Waals surface area (Å²) in [6.07, 6.45) is 0.967. The Kier molecular flexibility index (Phi) is 4.26. The minimum absolute atomic E-state index is 0.808. The highest BCUT2D eigenvalue weighted by Crippen LogP contribution is 2.23. The van der Waals surface area contributed by atoms with Crippen molar-refractivity contribution in [2.24, 2.45) is 0 Å². The summed E-state index contributed by atoms with van der Waals surface area (Å²) in [7, 11) is 0. The third-order valence-electron chi connectivity index (χ3n) is 2.96. The first-order valence-corrected chi connectivity index (χ1v) is 6.80. The molecule has 0 saturated carbocycles. The first-order chi connectivity index (χ1) is 8.68. The zero-order chi connectivity index (χ0) is 13.0. The normalized spacial score (nSPS) is 10.3. The van der Waals surface area contributed by atoms with Crippen LogP contribution in [0, 0.1) is 6.92 Å². The van der Waals surface area contributed by atoms with E-state index in [1.54, 1.807) is 0 Å². The smallest absolute Gasteiger partial charge is 0.0603 e. The van der Waals surface area contributed by atoms with Crippen LogP contribution in [0.5, 0.6) is 0 Å². The minimum Gasteiger partial charge on any atom is -0.397 e. The Morgan fingerprint density at radius 3 is 2.61 bits per heavy atom. The molecule has 2 aromatic rings. The molecule has 0 saturated heterocycles. The summed E-state index contributed by atoms with van der Waals surface area (Å²) < 4.78 is 1.16. The van der Waals surface area contributed by atoms with Crippen molar-refractivity contribution in [1.29, 1.82) is 0 Å². The predicted molar refractivity (Wildman–Crippen MR) is 81.9 cm³/mol. The zero-order valence-corrected chi connectivity index (χ0v) is 12.0. The van der Waals surface area contributed by atoms with Gasteiger partial charge in [0.2, 0.25) is 0 Å². The number of halogens is 1. The molecule has 0 heterocycles. The molecule has 0 aromatic heterocycles. The van der Waals surface area contributed by atoms with Gasteiger partial charge in [-0.15, -0.1) is 0 Å². The minimum atomic E-state index is 0.808. The number of nitrogen functional groups attached to an aromatic ring is 1. The van der Waals surface area contributed by atoms with E-state index in [0.29, 0.717) is 0 Å². The highest BCUT2D eigenvalue weighted by atomic mass is 79.9. The second kappa shape index (κ2) is 5.91. The molecule has 2 aromatic carbocycles. The Labute approximate surface area is 116 Å². The van der Waals surface area contributed by atoms with E-state index in [9.17, 15) is 0 Å². The molecule has 3 heteroatoms. The fourth-order valence-corrected chi connectivity index (χ4v) is 2.44. The van der Waals surface area contributed by atoms with E-state index in [-0.39, 0.29) is 0 Å². The molecule has 0 amide bonds. The first kappa shape index (κ1) is 13.0. The van der Waals surface area contributed by atoms with Gasteiger partial charge in [0.1, 0.15) is 0 Å². The predicted octanol–water partition coefficient (Wildman–Crippen LogP) is 3.99. The molecule has 0 aliphatic carbocycles. The molecular weight excluding hydrogens is 288 g/mol. The Hall–Kier alpha value is -1.48. The molecule has 94 valence electrons. The van der Waals surface area contributed by atoms with Crippen molar-refractivity contribution < 1.29 is 0 Å². The summed E-state index contributed by atoms with van der Waals surface area (Å²) in [6, 6.07) is 14.3. The fraction of sp³-hybridized carbons (Fsp3) is 0.200. The van der Waals surface area contributed by atoms with Crippen LogP contribution in [0.3, 0.4) is 0 Å². The van der Waals surface area contributed by atoms with Gasteiger partial charge in [0.05, 0.1) is 11.4 Å². The standard InChI is InChI=1S/C15H17BrN2/c1-11-5-4-8-14(17)15(11)18-10-9-12-6-2-3-7-13(12)16/h2-8,18H,9-10,17H2,1H3. The van der Waals surface area contributed by atoms with Gasteiger partial charge in [-0.3, -0.25) is 0 Å². The van der Waals surface area contributed by atoms with Crippen LogP contribution < -0.4 is 11.1 Å². The number of para-hydroxylation sites is 1. The van der Waals surface area contributed by atoms with E-state index in [4.69, 9.17) is 5.73 Å². The molecule has 0 radical (unpaired) electrons. The molecule has 0 unspecified atom stereocenters. The molecule has 2 nitrogen and oxygen atoms in total. The SMILES string of the molecule is Cc1cccc(N)c1NCCc1ccccc1Br. The quantitative estimate of drug-likeness (QED) is 0.838. The molecule has 0 spiro atoms. The van der Waals surface area contributed by atoms with Crippen molar-refractivity contribution in [1.82, 2.24) is 0 Å². The Bertz CT molecular complexity index is 518. The second-order valence-corrected chi connectivity index (χ2v) is 5.16. The Balaban J connectivity index is 1.99. The lowest BCUT2D eigenvalue weighted by Gasteiger charge is -2.12. The number of benzene rings is 2. The number of nitrogens with two attached hydrogens (primary N) is 1. The maximum atomic E-state index is 5.96. The van der Waals surface area contributed by atoms with Crippen LogP contribution in [0.25, 0.3) is 0 Å². The maximum Gasteiger partial charge on any atom is 0.0603 e. The molecule has 0 atom stereocenters. The summed E-state index contributed by atoms with van der Waals surface area (Å²) in [4.78, 5) is 0. The largest absolute Gasteiger partial charge is 0.397 e. The molecular formula is C15H17BrN2. The van der Waals surface area contributed by atoms with E-state index in [2.05, 4.69) is 52.4 Å². The summed E-state index contributed by atoms with van der Waals surface area (Å²) in [5, 5.41) is 3.41. The van der Waals surface area contributed by atoms with Crippen molar-refractivity contribution in [3.63, 3.8) is 0 Å². The molecule has 18 heavy (non-hydrogen) atoms. The lowest BCUT2D eigenvalue weighted by Crippen LogP contribution is -2.08. The lowest BCUT2D eigenvalue weighted by atomic mass is 10.1.